The minimum absolute atomic E-state index is 0.0993. The van der Waals surface area contributed by atoms with Gasteiger partial charge in [-0.05, 0) is 18.6 Å². The normalized spacial score (nSPS) is 11.9. The molecule has 0 saturated heterocycles. The number of hydrogen-bond donors (Lipinski definition) is 2. The molecule has 0 spiro atoms. The third kappa shape index (κ3) is 4.37. The summed E-state index contributed by atoms with van der Waals surface area (Å²) in [6, 6.07) is 8.32. The highest BCUT2D eigenvalue weighted by Crippen LogP contribution is 2.11. The van der Waals surface area contributed by atoms with Gasteiger partial charge in [-0.25, -0.2) is 0 Å². The first kappa shape index (κ1) is 15.2. The van der Waals surface area contributed by atoms with Crippen molar-refractivity contribution in [3.05, 3.63) is 35.9 Å². The fourth-order valence-corrected chi connectivity index (χ4v) is 1.86. The molecule has 1 amide bonds. The SMILES string of the molecule is CCC(CO)N(CCC(=O)O)C(=O)c1ccccc1. The molecular formula is C14H19NO4. The lowest BCUT2D eigenvalue weighted by Gasteiger charge is -2.29. The van der Waals surface area contributed by atoms with E-state index in [1.54, 1.807) is 24.3 Å². The molecule has 1 rings (SSSR count). The second-order valence-electron chi connectivity index (χ2n) is 4.25. The van der Waals surface area contributed by atoms with Gasteiger partial charge in [-0.3, -0.25) is 9.59 Å². The van der Waals surface area contributed by atoms with Gasteiger partial charge < -0.3 is 15.1 Å². The molecular weight excluding hydrogens is 246 g/mol. The highest BCUT2D eigenvalue weighted by atomic mass is 16.4. The number of hydrogen-bond acceptors (Lipinski definition) is 3. The maximum atomic E-state index is 12.3. The van der Waals surface area contributed by atoms with E-state index in [4.69, 9.17) is 5.11 Å². The van der Waals surface area contributed by atoms with Gasteiger partial charge in [0.2, 0.25) is 0 Å². The number of carboxylic acid groups (broad SMARTS) is 1. The van der Waals surface area contributed by atoms with Crippen LogP contribution in [0.5, 0.6) is 0 Å². The van der Waals surface area contributed by atoms with Crippen molar-refractivity contribution in [1.82, 2.24) is 4.90 Å². The van der Waals surface area contributed by atoms with Gasteiger partial charge >= 0.3 is 5.97 Å². The fourth-order valence-electron chi connectivity index (χ4n) is 1.86. The van der Waals surface area contributed by atoms with Gasteiger partial charge in [0.15, 0.2) is 0 Å². The van der Waals surface area contributed by atoms with E-state index in [2.05, 4.69) is 0 Å². The Hall–Kier alpha value is -1.88. The molecule has 5 heteroatoms. The molecule has 5 nitrogen and oxygen atoms in total. The number of amides is 1. The lowest BCUT2D eigenvalue weighted by atomic mass is 10.1. The van der Waals surface area contributed by atoms with Gasteiger partial charge in [-0.15, -0.1) is 0 Å². The predicted octanol–water partition coefficient (Wildman–Crippen LogP) is 1.37. The number of benzene rings is 1. The zero-order valence-electron chi connectivity index (χ0n) is 11.0. The van der Waals surface area contributed by atoms with Crippen molar-refractivity contribution in [2.45, 2.75) is 25.8 Å². The Morgan fingerprint density at radius 3 is 2.37 bits per heavy atom. The van der Waals surface area contributed by atoms with Crippen LogP contribution < -0.4 is 0 Å². The van der Waals surface area contributed by atoms with Crippen molar-refractivity contribution in [2.24, 2.45) is 0 Å². The standard InChI is InChI=1S/C14H19NO4/c1-2-12(10-16)15(9-8-13(17)18)14(19)11-6-4-3-5-7-11/h3-7,12,16H,2,8-10H2,1H3,(H,17,18). The van der Waals surface area contributed by atoms with Crippen LogP contribution >= 0.6 is 0 Å². The maximum Gasteiger partial charge on any atom is 0.305 e. The largest absolute Gasteiger partial charge is 0.481 e. The average molecular weight is 265 g/mol. The van der Waals surface area contributed by atoms with E-state index in [-0.39, 0.29) is 31.5 Å². The first-order valence-corrected chi connectivity index (χ1v) is 6.28. The molecule has 104 valence electrons. The number of rotatable bonds is 7. The monoisotopic (exact) mass is 265 g/mol. The van der Waals surface area contributed by atoms with Crippen molar-refractivity contribution in [3.63, 3.8) is 0 Å². The molecule has 0 bridgehead atoms. The van der Waals surface area contributed by atoms with Crippen molar-refractivity contribution >= 4 is 11.9 Å². The average Bonchev–Trinajstić information content (AvgIpc) is 2.43. The van der Waals surface area contributed by atoms with E-state index in [0.717, 1.165) is 0 Å². The van der Waals surface area contributed by atoms with Crippen molar-refractivity contribution in [3.8, 4) is 0 Å². The van der Waals surface area contributed by atoms with Crippen molar-refractivity contribution in [1.29, 1.82) is 0 Å². The van der Waals surface area contributed by atoms with E-state index in [1.807, 2.05) is 13.0 Å². The summed E-state index contributed by atoms with van der Waals surface area (Å²) in [6.07, 6.45) is 0.448. The van der Waals surface area contributed by atoms with E-state index < -0.39 is 5.97 Å². The Labute approximate surface area is 112 Å². The van der Waals surface area contributed by atoms with Gasteiger partial charge in [0.1, 0.15) is 0 Å². The molecule has 0 aliphatic rings. The molecule has 1 unspecified atom stereocenters. The number of nitrogens with zero attached hydrogens (tertiary/aromatic N) is 1. The highest BCUT2D eigenvalue weighted by molar-refractivity contribution is 5.94. The molecule has 0 heterocycles. The second-order valence-corrected chi connectivity index (χ2v) is 4.25. The lowest BCUT2D eigenvalue weighted by molar-refractivity contribution is -0.137. The van der Waals surface area contributed by atoms with Crippen LogP contribution in [0.15, 0.2) is 30.3 Å². The summed E-state index contributed by atoms with van der Waals surface area (Å²) in [7, 11) is 0. The molecule has 0 aliphatic carbocycles. The van der Waals surface area contributed by atoms with E-state index in [1.165, 1.54) is 4.90 Å². The summed E-state index contributed by atoms with van der Waals surface area (Å²) in [5.74, 6) is -1.21. The van der Waals surface area contributed by atoms with Crippen LogP contribution in [0.25, 0.3) is 0 Å². The molecule has 0 aliphatic heterocycles. The Bertz CT molecular complexity index is 415. The summed E-state index contributed by atoms with van der Waals surface area (Å²) < 4.78 is 0. The third-order valence-corrected chi connectivity index (χ3v) is 2.97. The molecule has 0 saturated carbocycles. The van der Waals surface area contributed by atoms with Gasteiger partial charge in [-0.2, -0.15) is 0 Å². The number of aliphatic hydroxyl groups is 1. The number of carboxylic acids is 1. The van der Waals surface area contributed by atoms with Gasteiger partial charge in [0.05, 0.1) is 19.1 Å². The topological polar surface area (TPSA) is 77.8 Å². The van der Waals surface area contributed by atoms with Crippen LogP contribution in [0, 0.1) is 0 Å². The van der Waals surface area contributed by atoms with Gasteiger partial charge in [-0.1, -0.05) is 25.1 Å². The van der Waals surface area contributed by atoms with E-state index in [0.29, 0.717) is 12.0 Å². The number of aliphatic carboxylic acids is 1. The van der Waals surface area contributed by atoms with E-state index in [9.17, 15) is 14.7 Å². The molecule has 0 fully saturated rings. The van der Waals surface area contributed by atoms with Crippen LogP contribution in [-0.2, 0) is 4.79 Å². The van der Waals surface area contributed by atoms with E-state index >= 15 is 0 Å². The molecule has 0 radical (unpaired) electrons. The first-order valence-electron chi connectivity index (χ1n) is 6.28. The number of aliphatic hydroxyl groups excluding tert-OH is 1. The van der Waals surface area contributed by atoms with Crippen molar-refractivity contribution in [2.75, 3.05) is 13.2 Å². The Kier molecular flexibility index (Phi) is 6.02. The lowest BCUT2D eigenvalue weighted by Crippen LogP contribution is -2.43. The van der Waals surface area contributed by atoms with Crippen molar-refractivity contribution < 1.29 is 19.8 Å². The van der Waals surface area contributed by atoms with Crippen LogP contribution in [0.1, 0.15) is 30.1 Å². The zero-order valence-corrected chi connectivity index (χ0v) is 11.0. The maximum absolute atomic E-state index is 12.3. The Morgan fingerprint density at radius 2 is 1.89 bits per heavy atom. The van der Waals surface area contributed by atoms with Gasteiger partial charge in [0, 0.05) is 12.1 Å². The molecule has 19 heavy (non-hydrogen) atoms. The first-order chi connectivity index (χ1) is 9.10. The van der Waals surface area contributed by atoms with Crippen LogP contribution in [0.2, 0.25) is 0 Å². The van der Waals surface area contributed by atoms with Gasteiger partial charge in [0.25, 0.3) is 5.91 Å². The summed E-state index contributed by atoms with van der Waals surface area (Å²) in [5.41, 5.74) is 0.500. The molecule has 0 aromatic heterocycles. The minimum atomic E-state index is -0.960. The molecule has 1 atom stereocenters. The van der Waals surface area contributed by atoms with Crippen LogP contribution in [-0.4, -0.2) is 46.2 Å². The van der Waals surface area contributed by atoms with Crippen LogP contribution in [0.3, 0.4) is 0 Å². The molecule has 1 aromatic rings. The molecule has 1 aromatic carbocycles. The molecule has 2 N–H and O–H groups in total. The predicted molar refractivity (Wildman–Crippen MR) is 70.9 cm³/mol. The quantitative estimate of drug-likeness (QED) is 0.780. The Morgan fingerprint density at radius 1 is 1.26 bits per heavy atom. The smallest absolute Gasteiger partial charge is 0.305 e. The zero-order chi connectivity index (χ0) is 14.3. The summed E-state index contributed by atoms with van der Waals surface area (Å²) >= 11 is 0. The number of carbonyl (C=O) groups is 2. The summed E-state index contributed by atoms with van der Waals surface area (Å²) in [5, 5.41) is 18.1. The third-order valence-electron chi connectivity index (χ3n) is 2.97. The van der Waals surface area contributed by atoms with Crippen LogP contribution in [0.4, 0.5) is 0 Å². The Balaban J connectivity index is 2.88. The highest BCUT2D eigenvalue weighted by Gasteiger charge is 2.23. The summed E-state index contributed by atoms with van der Waals surface area (Å²) in [4.78, 5) is 24.4. The second kappa shape index (κ2) is 7.53. The summed E-state index contributed by atoms with van der Waals surface area (Å²) in [6.45, 7) is 1.78. The minimum Gasteiger partial charge on any atom is -0.481 e. The fraction of sp³-hybridized carbons (Fsp3) is 0.429. The number of carbonyl (C=O) groups excluding carboxylic acids is 1.